The van der Waals surface area contributed by atoms with Gasteiger partial charge in [0.1, 0.15) is 0 Å². The van der Waals surface area contributed by atoms with E-state index in [1.165, 1.54) is 5.56 Å². The van der Waals surface area contributed by atoms with Crippen LogP contribution >= 0.6 is 0 Å². The predicted octanol–water partition coefficient (Wildman–Crippen LogP) is -0.271. The molecule has 0 aromatic heterocycles. The lowest BCUT2D eigenvalue weighted by Crippen LogP contribution is -2.42. The van der Waals surface area contributed by atoms with Crippen molar-refractivity contribution in [2.75, 3.05) is 19.6 Å². The highest BCUT2D eigenvalue weighted by molar-refractivity contribution is 6.35. The summed E-state index contributed by atoms with van der Waals surface area (Å²) in [6.45, 7) is 3.09. The van der Waals surface area contributed by atoms with Crippen LogP contribution in [-0.4, -0.2) is 31.4 Å². The molecule has 0 radical (unpaired) electrons. The minimum atomic E-state index is -0.635. The van der Waals surface area contributed by atoms with Gasteiger partial charge in [-0.05, 0) is 18.9 Å². The highest BCUT2D eigenvalue weighted by Crippen LogP contribution is 2.03. The van der Waals surface area contributed by atoms with Gasteiger partial charge in [-0.15, -0.1) is 0 Å². The Labute approximate surface area is 107 Å². The molecule has 1 aromatic carbocycles. The highest BCUT2D eigenvalue weighted by Gasteiger charge is 2.11. The number of aryl methyl sites for hydroxylation is 1. The van der Waals surface area contributed by atoms with Gasteiger partial charge in [-0.3, -0.25) is 9.59 Å². The van der Waals surface area contributed by atoms with Crippen LogP contribution in [0.25, 0.3) is 0 Å². The van der Waals surface area contributed by atoms with Crippen LogP contribution in [0.4, 0.5) is 0 Å². The molecule has 0 saturated heterocycles. The number of rotatable bonds is 5. The van der Waals surface area contributed by atoms with Crippen LogP contribution in [0.2, 0.25) is 0 Å². The van der Waals surface area contributed by atoms with Crippen molar-refractivity contribution in [3.63, 3.8) is 0 Å². The van der Waals surface area contributed by atoms with Crippen LogP contribution in [0.3, 0.4) is 0 Å². The summed E-state index contributed by atoms with van der Waals surface area (Å²) in [7, 11) is 0. The van der Waals surface area contributed by atoms with Crippen LogP contribution < -0.4 is 16.4 Å². The van der Waals surface area contributed by atoms with E-state index in [0.717, 1.165) is 5.56 Å². The van der Waals surface area contributed by atoms with Crippen molar-refractivity contribution in [3.8, 4) is 0 Å². The molecule has 0 saturated carbocycles. The number of nitrogens with one attached hydrogen (secondary N) is 2. The molecule has 4 N–H and O–H groups in total. The van der Waals surface area contributed by atoms with Crippen LogP contribution in [0, 0.1) is 6.92 Å². The van der Waals surface area contributed by atoms with Crippen LogP contribution in [-0.2, 0) is 16.0 Å². The topological polar surface area (TPSA) is 84.2 Å². The molecule has 0 spiro atoms. The van der Waals surface area contributed by atoms with Crippen LogP contribution in [0.15, 0.2) is 24.3 Å². The second-order valence-corrected chi connectivity index (χ2v) is 4.04. The standard InChI is InChI=1S/C13H19N3O2/c1-10-3-2-4-11(9-10)5-7-15-12(17)13(18)16-8-6-14/h2-4,9H,5-8,14H2,1H3,(H,15,17)(H,16,18). The van der Waals surface area contributed by atoms with Crippen molar-refractivity contribution in [2.45, 2.75) is 13.3 Å². The smallest absolute Gasteiger partial charge is 0.309 e. The number of benzene rings is 1. The third-order valence-electron chi connectivity index (χ3n) is 2.42. The maximum Gasteiger partial charge on any atom is 0.309 e. The first-order chi connectivity index (χ1) is 8.63. The minimum Gasteiger partial charge on any atom is -0.348 e. The molecule has 1 aromatic rings. The molecule has 0 unspecified atom stereocenters. The molecule has 0 aliphatic heterocycles. The average molecular weight is 249 g/mol. The van der Waals surface area contributed by atoms with E-state index in [0.29, 0.717) is 26.1 Å². The van der Waals surface area contributed by atoms with Gasteiger partial charge in [0.25, 0.3) is 0 Å². The average Bonchev–Trinajstić information content (AvgIpc) is 2.35. The summed E-state index contributed by atoms with van der Waals surface area (Å²) < 4.78 is 0. The van der Waals surface area contributed by atoms with Crippen molar-refractivity contribution in [1.29, 1.82) is 0 Å². The zero-order chi connectivity index (χ0) is 13.4. The third-order valence-corrected chi connectivity index (χ3v) is 2.42. The monoisotopic (exact) mass is 249 g/mol. The van der Waals surface area contributed by atoms with E-state index >= 15 is 0 Å². The van der Waals surface area contributed by atoms with E-state index in [4.69, 9.17) is 5.73 Å². The van der Waals surface area contributed by atoms with Gasteiger partial charge in [0.2, 0.25) is 0 Å². The zero-order valence-corrected chi connectivity index (χ0v) is 10.5. The molecule has 0 aliphatic rings. The summed E-state index contributed by atoms with van der Waals surface area (Å²) in [5.41, 5.74) is 7.54. The van der Waals surface area contributed by atoms with Gasteiger partial charge in [0.15, 0.2) is 0 Å². The van der Waals surface area contributed by atoms with Crippen molar-refractivity contribution in [1.82, 2.24) is 10.6 Å². The molecular formula is C13H19N3O2. The van der Waals surface area contributed by atoms with E-state index in [-0.39, 0.29) is 0 Å². The van der Waals surface area contributed by atoms with Gasteiger partial charge < -0.3 is 16.4 Å². The summed E-state index contributed by atoms with van der Waals surface area (Å²) in [5.74, 6) is -1.25. The van der Waals surface area contributed by atoms with Gasteiger partial charge in [-0.25, -0.2) is 0 Å². The molecular weight excluding hydrogens is 230 g/mol. The van der Waals surface area contributed by atoms with Gasteiger partial charge in [-0.2, -0.15) is 0 Å². The molecule has 5 heteroatoms. The largest absolute Gasteiger partial charge is 0.348 e. The minimum absolute atomic E-state index is 0.310. The fraction of sp³-hybridized carbons (Fsp3) is 0.385. The first-order valence-electron chi connectivity index (χ1n) is 5.95. The molecule has 0 atom stereocenters. The van der Waals surface area contributed by atoms with E-state index < -0.39 is 11.8 Å². The summed E-state index contributed by atoms with van der Waals surface area (Å²) in [4.78, 5) is 22.6. The summed E-state index contributed by atoms with van der Waals surface area (Å²) in [5, 5.41) is 4.98. The number of hydrogen-bond donors (Lipinski definition) is 3. The quantitative estimate of drug-likeness (QED) is 0.628. The molecule has 5 nitrogen and oxygen atoms in total. The Bertz CT molecular complexity index is 418. The Hall–Kier alpha value is -1.88. The fourth-order valence-electron chi connectivity index (χ4n) is 1.53. The summed E-state index contributed by atoms with van der Waals surface area (Å²) in [6, 6.07) is 8.04. The van der Waals surface area contributed by atoms with E-state index in [1.807, 2.05) is 25.1 Å². The third kappa shape index (κ3) is 4.97. The van der Waals surface area contributed by atoms with Crippen molar-refractivity contribution < 1.29 is 9.59 Å². The van der Waals surface area contributed by atoms with E-state index in [1.54, 1.807) is 0 Å². The molecule has 0 bridgehead atoms. The molecule has 98 valence electrons. The zero-order valence-electron chi connectivity index (χ0n) is 10.5. The number of carbonyl (C=O) groups excluding carboxylic acids is 2. The van der Waals surface area contributed by atoms with Crippen molar-refractivity contribution in [3.05, 3.63) is 35.4 Å². The normalized spacial score (nSPS) is 9.89. The van der Waals surface area contributed by atoms with Crippen molar-refractivity contribution in [2.24, 2.45) is 5.73 Å². The van der Waals surface area contributed by atoms with Crippen molar-refractivity contribution >= 4 is 11.8 Å². The summed E-state index contributed by atoms with van der Waals surface area (Å²) >= 11 is 0. The molecule has 0 fully saturated rings. The maximum absolute atomic E-state index is 11.3. The van der Waals surface area contributed by atoms with Gasteiger partial charge in [0.05, 0.1) is 0 Å². The van der Waals surface area contributed by atoms with E-state index in [2.05, 4.69) is 16.7 Å². The Balaban J connectivity index is 2.29. The second kappa shape index (κ2) is 7.45. The molecule has 0 aliphatic carbocycles. The summed E-state index contributed by atoms with van der Waals surface area (Å²) in [6.07, 6.45) is 0.706. The fourth-order valence-corrected chi connectivity index (χ4v) is 1.53. The lowest BCUT2D eigenvalue weighted by atomic mass is 10.1. The van der Waals surface area contributed by atoms with E-state index in [9.17, 15) is 9.59 Å². The van der Waals surface area contributed by atoms with Gasteiger partial charge >= 0.3 is 11.8 Å². The van der Waals surface area contributed by atoms with Gasteiger partial charge in [-0.1, -0.05) is 29.8 Å². The van der Waals surface area contributed by atoms with Crippen LogP contribution in [0.5, 0.6) is 0 Å². The van der Waals surface area contributed by atoms with Crippen LogP contribution in [0.1, 0.15) is 11.1 Å². The Morgan fingerprint density at radius 3 is 2.44 bits per heavy atom. The Kier molecular flexibility index (Phi) is 5.87. The number of hydrogen-bond acceptors (Lipinski definition) is 3. The molecule has 1 rings (SSSR count). The lowest BCUT2D eigenvalue weighted by Gasteiger charge is -2.06. The predicted molar refractivity (Wildman–Crippen MR) is 70.0 cm³/mol. The first kappa shape index (κ1) is 14.2. The number of carbonyl (C=O) groups is 2. The molecule has 18 heavy (non-hydrogen) atoms. The number of amides is 2. The Morgan fingerprint density at radius 1 is 1.17 bits per heavy atom. The highest BCUT2D eigenvalue weighted by atomic mass is 16.2. The maximum atomic E-state index is 11.3. The number of nitrogens with two attached hydrogens (primary N) is 1. The molecule has 2 amide bonds. The SMILES string of the molecule is Cc1cccc(CCNC(=O)C(=O)NCCN)c1. The first-order valence-corrected chi connectivity index (χ1v) is 5.95. The Morgan fingerprint density at radius 2 is 1.83 bits per heavy atom. The second-order valence-electron chi connectivity index (χ2n) is 4.04. The lowest BCUT2D eigenvalue weighted by molar-refractivity contribution is -0.139. The van der Waals surface area contributed by atoms with Gasteiger partial charge in [0, 0.05) is 19.6 Å². The molecule has 0 heterocycles.